The number of carbonyl (C=O) groups excluding carboxylic acids is 2. The van der Waals surface area contributed by atoms with Gasteiger partial charge < -0.3 is 20.6 Å². The van der Waals surface area contributed by atoms with Crippen molar-refractivity contribution >= 4 is 29.1 Å². The topological polar surface area (TPSA) is 81.7 Å². The minimum Gasteiger partial charge on any atom is -0.506 e. The minimum atomic E-state index is -0.228. The van der Waals surface area contributed by atoms with Crippen LogP contribution in [0.1, 0.15) is 18.4 Å². The Morgan fingerprint density at radius 2 is 2.25 bits per heavy atom. The number of piperidine rings is 1. The molecule has 0 aliphatic carbocycles. The minimum absolute atomic E-state index is 0.00756. The van der Waals surface area contributed by atoms with E-state index in [4.69, 9.17) is 11.6 Å². The molecule has 0 aromatic heterocycles. The number of rotatable bonds is 5. The fourth-order valence-electron chi connectivity index (χ4n) is 2.68. The molecular weight excluding hydrogens is 330 g/mol. The number of benzene rings is 1. The number of amides is 2. The molecule has 0 saturated carbocycles. The molecule has 2 rings (SSSR count). The smallest absolute Gasteiger partial charge is 0.243 e. The van der Waals surface area contributed by atoms with E-state index in [-0.39, 0.29) is 30.2 Å². The van der Waals surface area contributed by atoms with Gasteiger partial charge in [0, 0.05) is 30.2 Å². The van der Waals surface area contributed by atoms with Crippen molar-refractivity contribution in [3.05, 3.63) is 35.4 Å². The largest absolute Gasteiger partial charge is 0.506 e. The first-order chi connectivity index (χ1) is 11.4. The third kappa shape index (κ3) is 4.64. The van der Waals surface area contributed by atoms with E-state index in [9.17, 15) is 14.7 Å². The van der Waals surface area contributed by atoms with Gasteiger partial charge in [-0.25, -0.2) is 0 Å². The van der Waals surface area contributed by atoms with E-state index in [0.29, 0.717) is 23.8 Å². The number of nitrogens with one attached hydrogen (secondary N) is 2. The van der Waals surface area contributed by atoms with E-state index in [1.807, 2.05) is 6.92 Å². The lowest BCUT2D eigenvalue weighted by Gasteiger charge is -2.33. The Hall–Kier alpha value is -2.21. The molecule has 3 N–H and O–H groups in total. The van der Waals surface area contributed by atoms with E-state index in [0.717, 1.165) is 18.4 Å². The molecule has 1 aliphatic heterocycles. The number of anilines is 1. The number of likely N-dealkylation sites (tertiary alicyclic amines) is 1. The second kappa shape index (κ2) is 8.06. The standard InChI is InChI=1S/C17H22ClN3O3/c1-3-16(23)20-12-5-4-6-21(10-12)17(24)9-19-14-7-11(2)13(18)8-15(14)22/h3,7-8,12,19,22H,1,4-6,9-10H2,2H3,(H,20,23)/t12-/m1/s1. The van der Waals surface area contributed by atoms with Gasteiger partial charge in [0.1, 0.15) is 5.75 Å². The summed E-state index contributed by atoms with van der Waals surface area (Å²) in [6.45, 7) is 6.46. The number of halogens is 1. The van der Waals surface area contributed by atoms with Gasteiger partial charge in [0.05, 0.1) is 12.2 Å². The average Bonchev–Trinajstić information content (AvgIpc) is 2.56. The lowest BCUT2D eigenvalue weighted by atomic mass is 10.1. The monoisotopic (exact) mass is 351 g/mol. The van der Waals surface area contributed by atoms with Crippen molar-refractivity contribution < 1.29 is 14.7 Å². The summed E-state index contributed by atoms with van der Waals surface area (Å²) >= 11 is 5.94. The zero-order chi connectivity index (χ0) is 17.7. The Balaban J connectivity index is 1.91. The summed E-state index contributed by atoms with van der Waals surface area (Å²) in [6.07, 6.45) is 2.90. The Bertz CT molecular complexity index is 648. The number of nitrogens with zero attached hydrogens (tertiary/aromatic N) is 1. The molecule has 1 heterocycles. The summed E-state index contributed by atoms with van der Waals surface area (Å²) < 4.78 is 0. The summed E-state index contributed by atoms with van der Waals surface area (Å²) in [5.74, 6) is -0.304. The van der Waals surface area contributed by atoms with E-state index in [2.05, 4.69) is 17.2 Å². The molecule has 1 saturated heterocycles. The van der Waals surface area contributed by atoms with Crippen LogP contribution < -0.4 is 10.6 Å². The molecule has 0 bridgehead atoms. The number of aryl methyl sites for hydroxylation is 1. The number of phenolic OH excluding ortho intramolecular Hbond substituents is 1. The number of hydrogen-bond donors (Lipinski definition) is 3. The first-order valence-corrected chi connectivity index (χ1v) is 8.22. The fourth-order valence-corrected chi connectivity index (χ4v) is 2.83. The molecule has 24 heavy (non-hydrogen) atoms. The maximum Gasteiger partial charge on any atom is 0.243 e. The number of hydrogen-bond acceptors (Lipinski definition) is 4. The first kappa shape index (κ1) is 18.1. The van der Waals surface area contributed by atoms with Crippen LogP contribution in [-0.2, 0) is 9.59 Å². The van der Waals surface area contributed by atoms with Crippen LogP contribution in [0.3, 0.4) is 0 Å². The zero-order valence-corrected chi connectivity index (χ0v) is 14.4. The van der Waals surface area contributed by atoms with E-state index in [1.165, 1.54) is 12.1 Å². The Morgan fingerprint density at radius 3 is 2.96 bits per heavy atom. The maximum atomic E-state index is 12.4. The summed E-state index contributed by atoms with van der Waals surface area (Å²) in [7, 11) is 0. The molecule has 6 nitrogen and oxygen atoms in total. The van der Waals surface area contributed by atoms with Crippen molar-refractivity contribution in [1.29, 1.82) is 0 Å². The van der Waals surface area contributed by atoms with Crippen LogP contribution in [0, 0.1) is 6.92 Å². The predicted octanol–water partition coefficient (Wildman–Crippen LogP) is 2.06. The molecule has 0 unspecified atom stereocenters. The molecule has 0 spiro atoms. The van der Waals surface area contributed by atoms with Crippen molar-refractivity contribution in [3.8, 4) is 5.75 Å². The highest BCUT2D eigenvalue weighted by atomic mass is 35.5. The van der Waals surface area contributed by atoms with Gasteiger partial charge in [0.2, 0.25) is 11.8 Å². The van der Waals surface area contributed by atoms with Crippen molar-refractivity contribution in [1.82, 2.24) is 10.2 Å². The zero-order valence-electron chi connectivity index (χ0n) is 13.6. The van der Waals surface area contributed by atoms with E-state index >= 15 is 0 Å². The molecule has 0 radical (unpaired) electrons. The van der Waals surface area contributed by atoms with Crippen LogP contribution in [0.25, 0.3) is 0 Å². The summed E-state index contributed by atoms with van der Waals surface area (Å²) in [5.41, 5.74) is 1.29. The van der Waals surface area contributed by atoms with Crippen LogP contribution in [0.2, 0.25) is 5.02 Å². The van der Waals surface area contributed by atoms with Crippen molar-refractivity contribution in [3.63, 3.8) is 0 Å². The summed E-state index contributed by atoms with van der Waals surface area (Å²) in [5, 5.41) is 16.1. The van der Waals surface area contributed by atoms with Gasteiger partial charge in [-0.2, -0.15) is 0 Å². The maximum absolute atomic E-state index is 12.4. The van der Waals surface area contributed by atoms with Gasteiger partial charge in [-0.05, 0) is 37.5 Å². The molecule has 1 aromatic carbocycles. The third-order valence-corrected chi connectivity index (χ3v) is 4.42. The van der Waals surface area contributed by atoms with Crippen LogP contribution in [-0.4, -0.2) is 47.5 Å². The number of phenols is 1. The van der Waals surface area contributed by atoms with Crippen LogP contribution in [0.15, 0.2) is 24.8 Å². The molecule has 7 heteroatoms. The Morgan fingerprint density at radius 1 is 1.50 bits per heavy atom. The second-order valence-corrected chi connectivity index (χ2v) is 6.27. The first-order valence-electron chi connectivity index (χ1n) is 7.84. The Labute approximate surface area is 146 Å². The second-order valence-electron chi connectivity index (χ2n) is 5.86. The Kier molecular flexibility index (Phi) is 6.09. The highest BCUT2D eigenvalue weighted by Crippen LogP contribution is 2.29. The molecule has 1 atom stereocenters. The lowest BCUT2D eigenvalue weighted by Crippen LogP contribution is -2.50. The number of aromatic hydroxyl groups is 1. The fraction of sp³-hybridized carbons (Fsp3) is 0.412. The lowest BCUT2D eigenvalue weighted by molar-refractivity contribution is -0.131. The summed E-state index contributed by atoms with van der Waals surface area (Å²) in [6, 6.07) is 3.10. The van der Waals surface area contributed by atoms with Crippen LogP contribution in [0.5, 0.6) is 5.75 Å². The van der Waals surface area contributed by atoms with Gasteiger partial charge in [0.15, 0.2) is 0 Å². The van der Waals surface area contributed by atoms with Gasteiger partial charge in [-0.3, -0.25) is 9.59 Å². The van der Waals surface area contributed by atoms with Crippen LogP contribution >= 0.6 is 11.6 Å². The van der Waals surface area contributed by atoms with Crippen LogP contribution in [0.4, 0.5) is 5.69 Å². The molecule has 2 amide bonds. The van der Waals surface area contributed by atoms with Gasteiger partial charge in [-0.1, -0.05) is 18.2 Å². The van der Waals surface area contributed by atoms with E-state index in [1.54, 1.807) is 11.0 Å². The van der Waals surface area contributed by atoms with Crippen molar-refractivity contribution in [2.75, 3.05) is 25.0 Å². The quantitative estimate of drug-likeness (QED) is 0.560. The van der Waals surface area contributed by atoms with Gasteiger partial charge in [-0.15, -0.1) is 0 Å². The van der Waals surface area contributed by atoms with Crippen molar-refractivity contribution in [2.24, 2.45) is 0 Å². The van der Waals surface area contributed by atoms with E-state index < -0.39 is 0 Å². The highest BCUT2D eigenvalue weighted by molar-refractivity contribution is 6.31. The molecular formula is C17H22ClN3O3. The third-order valence-electron chi connectivity index (χ3n) is 4.01. The molecule has 1 aromatic rings. The van der Waals surface area contributed by atoms with Crippen molar-refractivity contribution in [2.45, 2.75) is 25.8 Å². The average molecular weight is 352 g/mol. The predicted molar refractivity (Wildman–Crippen MR) is 94.3 cm³/mol. The molecule has 1 aliphatic rings. The van der Waals surface area contributed by atoms with Gasteiger partial charge in [0.25, 0.3) is 0 Å². The molecule has 130 valence electrons. The van der Waals surface area contributed by atoms with Gasteiger partial charge >= 0.3 is 0 Å². The number of carbonyl (C=O) groups is 2. The summed E-state index contributed by atoms with van der Waals surface area (Å²) in [4.78, 5) is 25.5. The normalized spacial score (nSPS) is 17.2. The molecule has 1 fully saturated rings. The SMILES string of the molecule is C=CC(=O)N[C@@H]1CCCN(C(=O)CNc2cc(C)c(Cl)cc2O)C1. The highest BCUT2D eigenvalue weighted by Gasteiger charge is 2.24.